The fourth-order valence-electron chi connectivity index (χ4n) is 3.38. The Hall–Kier alpha value is -3.00. The van der Waals surface area contributed by atoms with Crippen LogP contribution in [0.2, 0.25) is 0 Å². The van der Waals surface area contributed by atoms with E-state index in [4.69, 9.17) is 9.47 Å². The summed E-state index contributed by atoms with van der Waals surface area (Å²) in [5.41, 5.74) is 1.75. The van der Waals surface area contributed by atoms with Crippen LogP contribution in [0.4, 0.5) is 5.69 Å². The number of hydrogen-bond donors (Lipinski definition) is 1. The zero-order chi connectivity index (χ0) is 20.8. The number of piperidine rings is 1. The van der Waals surface area contributed by atoms with Crippen LogP contribution in [0.3, 0.4) is 0 Å². The molecule has 8 nitrogen and oxygen atoms in total. The molecule has 2 amide bonds. The lowest BCUT2D eigenvalue weighted by Crippen LogP contribution is -2.40. The summed E-state index contributed by atoms with van der Waals surface area (Å²) < 4.78 is 10.0. The van der Waals surface area contributed by atoms with Gasteiger partial charge < -0.3 is 19.7 Å². The number of carbonyl (C=O) groups is 2. The van der Waals surface area contributed by atoms with Crippen LogP contribution < -0.4 is 10.1 Å². The van der Waals surface area contributed by atoms with E-state index in [0.29, 0.717) is 30.0 Å². The van der Waals surface area contributed by atoms with Crippen LogP contribution in [0.5, 0.6) is 5.75 Å². The van der Waals surface area contributed by atoms with Crippen LogP contribution >= 0.6 is 0 Å². The van der Waals surface area contributed by atoms with Gasteiger partial charge in [-0.3, -0.25) is 9.59 Å². The van der Waals surface area contributed by atoms with E-state index in [9.17, 15) is 9.59 Å². The molecule has 0 radical (unpaired) electrons. The van der Waals surface area contributed by atoms with E-state index in [0.717, 1.165) is 24.4 Å². The molecular formula is C21H26N4O4. The number of nitrogens with one attached hydrogen (secondary N) is 1. The molecule has 1 aliphatic heterocycles. The first kappa shape index (κ1) is 20.7. The van der Waals surface area contributed by atoms with Gasteiger partial charge in [0, 0.05) is 38.0 Å². The number of amides is 2. The maximum absolute atomic E-state index is 12.6. The first-order valence-corrected chi connectivity index (χ1v) is 9.57. The van der Waals surface area contributed by atoms with Crippen molar-refractivity contribution in [3.63, 3.8) is 0 Å². The third kappa shape index (κ3) is 5.08. The molecule has 3 rings (SSSR count). The van der Waals surface area contributed by atoms with Crippen molar-refractivity contribution in [1.82, 2.24) is 14.9 Å². The van der Waals surface area contributed by atoms with Gasteiger partial charge >= 0.3 is 0 Å². The molecule has 2 heterocycles. The van der Waals surface area contributed by atoms with E-state index in [1.807, 2.05) is 11.8 Å². The van der Waals surface area contributed by atoms with Crippen LogP contribution in [-0.2, 0) is 9.53 Å². The van der Waals surface area contributed by atoms with Gasteiger partial charge in [0.15, 0.2) is 0 Å². The molecule has 1 saturated heterocycles. The van der Waals surface area contributed by atoms with Gasteiger partial charge in [-0.25, -0.2) is 9.97 Å². The van der Waals surface area contributed by atoms with Gasteiger partial charge in [-0.2, -0.15) is 0 Å². The van der Waals surface area contributed by atoms with Crippen molar-refractivity contribution >= 4 is 17.5 Å². The van der Waals surface area contributed by atoms with Crippen LogP contribution in [-0.4, -0.2) is 60.6 Å². The smallest absolute Gasteiger partial charge is 0.259 e. The van der Waals surface area contributed by atoms with Crippen molar-refractivity contribution in [3.05, 3.63) is 47.5 Å². The van der Waals surface area contributed by atoms with Gasteiger partial charge in [0.1, 0.15) is 18.2 Å². The zero-order valence-corrected chi connectivity index (χ0v) is 17.0. The Labute approximate surface area is 170 Å². The highest BCUT2D eigenvalue weighted by Crippen LogP contribution is 2.26. The number of ether oxygens (including phenoxy) is 2. The molecule has 1 aromatic carbocycles. The molecule has 1 aliphatic rings. The van der Waals surface area contributed by atoms with Crippen LogP contribution in [0, 0.1) is 6.92 Å². The number of benzene rings is 1. The predicted molar refractivity (Wildman–Crippen MR) is 108 cm³/mol. The Morgan fingerprint density at radius 1 is 1.17 bits per heavy atom. The van der Waals surface area contributed by atoms with Crippen molar-refractivity contribution in [1.29, 1.82) is 0 Å². The number of likely N-dealkylation sites (tertiary alicyclic amines) is 1. The number of aromatic nitrogens is 2. The molecule has 1 aromatic heterocycles. The quantitative estimate of drug-likeness (QED) is 0.803. The van der Waals surface area contributed by atoms with Crippen molar-refractivity contribution in [2.24, 2.45) is 0 Å². The zero-order valence-electron chi connectivity index (χ0n) is 17.0. The molecule has 154 valence electrons. The highest BCUT2D eigenvalue weighted by atomic mass is 16.5. The molecule has 8 heteroatoms. The highest BCUT2D eigenvalue weighted by Gasteiger charge is 2.26. The number of rotatable bonds is 6. The van der Waals surface area contributed by atoms with Crippen molar-refractivity contribution in [2.45, 2.75) is 25.7 Å². The van der Waals surface area contributed by atoms with Gasteiger partial charge in [-0.05, 0) is 44.0 Å². The predicted octanol–water partition coefficient (Wildman–Crippen LogP) is 2.40. The second-order valence-electron chi connectivity index (χ2n) is 7.00. The summed E-state index contributed by atoms with van der Waals surface area (Å²) in [5.74, 6) is 1.39. The number of methoxy groups -OCH3 is 2. The molecular weight excluding hydrogens is 372 g/mol. The number of anilines is 1. The molecule has 1 fully saturated rings. The fraction of sp³-hybridized carbons (Fsp3) is 0.429. The Balaban J connectivity index is 1.62. The number of carbonyl (C=O) groups excluding carboxylic acids is 2. The normalized spacial score (nSPS) is 14.5. The molecule has 29 heavy (non-hydrogen) atoms. The number of hydrogen-bond acceptors (Lipinski definition) is 6. The molecule has 0 saturated carbocycles. The summed E-state index contributed by atoms with van der Waals surface area (Å²) in [6, 6.07) is 7.12. The fourth-order valence-corrected chi connectivity index (χ4v) is 3.38. The van der Waals surface area contributed by atoms with Crippen LogP contribution in [0.15, 0.2) is 30.5 Å². The van der Waals surface area contributed by atoms with Crippen molar-refractivity contribution < 1.29 is 19.1 Å². The molecule has 0 aliphatic carbocycles. The average Bonchev–Trinajstić information content (AvgIpc) is 2.74. The van der Waals surface area contributed by atoms with Crippen molar-refractivity contribution in [2.75, 3.05) is 39.2 Å². The van der Waals surface area contributed by atoms with E-state index in [-0.39, 0.29) is 24.3 Å². The minimum Gasteiger partial charge on any atom is -0.497 e. The highest BCUT2D eigenvalue weighted by molar-refractivity contribution is 6.04. The Kier molecular flexibility index (Phi) is 6.77. The lowest BCUT2D eigenvalue weighted by molar-refractivity contribution is -0.136. The summed E-state index contributed by atoms with van der Waals surface area (Å²) in [6.07, 6.45) is 3.18. The summed E-state index contributed by atoms with van der Waals surface area (Å²) in [5, 5.41) is 2.85. The minimum atomic E-state index is -0.251. The van der Waals surface area contributed by atoms with E-state index in [2.05, 4.69) is 15.3 Å². The van der Waals surface area contributed by atoms with E-state index in [1.54, 1.807) is 37.6 Å². The first-order valence-electron chi connectivity index (χ1n) is 9.57. The van der Waals surface area contributed by atoms with Gasteiger partial charge in [-0.1, -0.05) is 0 Å². The summed E-state index contributed by atoms with van der Waals surface area (Å²) in [4.78, 5) is 35.3. The van der Waals surface area contributed by atoms with Crippen molar-refractivity contribution in [3.8, 4) is 5.75 Å². The van der Waals surface area contributed by atoms with E-state index < -0.39 is 0 Å². The van der Waals surface area contributed by atoms with Gasteiger partial charge in [0.25, 0.3) is 5.91 Å². The molecule has 2 aromatic rings. The summed E-state index contributed by atoms with van der Waals surface area (Å²) in [7, 11) is 3.12. The maximum atomic E-state index is 12.6. The maximum Gasteiger partial charge on any atom is 0.259 e. The minimum absolute atomic E-state index is 0.00796. The summed E-state index contributed by atoms with van der Waals surface area (Å²) in [6.45, 7) is 3.24. The third-order valence-electron chi connectivity index (χ3n) is 5.07. The lowest BCUT2D eigenvalue weighted by atomic mass is 9.95. The standard InChI is InChI=1S/C21H26N4O4/c1-14-18(21(27)24-16-4-6-17(29-3)7-5-16)12-22-20(23-14)15-8-10-25(11-9-15)19(26)13-28-2/h4-7,12,15H,8-11,13H2,1-3H3,(H,24,27). The Bertz CT molecular complexity index is 861. The monoisotopic (exact) mass is 398 g/mol. The molecule has 0 bridgehead atoms. The number of nitrogens with zero attached hydrogens (tertiary/aromatic N) is 3. The molecule has 0 atom stereocenters. The molecule has 0 unspecified atom stereocenters. The second-order valence-corrected chi connectivity index (χ2v) is 7.00. The third-order valence-corrected chi connectivity index (χ3v) is 5.07. The second kappa shape index (κ2) is 9.47. The molecule has 1 N–H and O–H groups in total. The van der Waals surface area contributed by atoms with Gasteiger partial charge in [-0.15, -0.1) is 0 Å². The van der Waals surface area contributed by atoms with Gasteiger partial charge in [0.05, 0.1) is 18.4 Å². The topological polar surface area (TPSA) is 93.7 Å². The largest absolute Gasteiger partial charge is 0.497 e. The Morgan fingerprint density at radius 3 is 2.45 bits per heavy atom. The first-order chi connectivity index (χ1) is 14.0. The SMILES string of the molecule is COCC(=O)N1CCC(c2ncc(C(=O)Nc3ccc(OC)cc3)c(C)n2)CC1. The van der Waals surface area contributed by atoms with Crippen LogP contribution in [0.1, 0.15) is 40.6 Å². The van der Waals surface area contributed by atoms with Crippen LogP contribution in [0.25, 0.3) is 0 Å². The van der Waals surface area contributed by atoms with Gasteiger partial charge in [0.2, 0.25) is 5.91 Å². The summed E-state index contributed by atoms with van der Waals surface area (Å²) >= 11 is 0. The number of aryl methyl sites for hydroxylation is 1. The lowest BCUT2D eigenvalue weighted by Gasteiger charge is -2.31. The van der Waals surface area contributed by atoms with E-state index in [1.165, 1.54) is 7.11 Å². The molecule has 0 spiro atoms. The average molecular weight is 398 g/mol. The Morgan fingerprint density at radius 2 is 1.86 bits per heavy atom. The van der Waals surface area contributed by atoms with E-state index >= 15 is 0 Å².